The summed E-state index contributed by atoms with van der Waals surface area (Å²) in [5, 5.41) is 9.29. The zero-order valence-electron chi connectivity index (χ0n) is 12.8. The first-order chi connectivity index (χ1) is 11.1. The van der Waals surface area contributed by atoms with Gasteiger partial charge in [-0.1, -0.05) is 30.3 Å². The normalized spacial score (nSPS) is 21.8. The number of benzene rings is 1. The van der Waals surface area contributed by atoms with Gasteiger partial charge in [-0.2, -0.15) is 5.26 Å². The molecule has 0 spiro atoms. The van der Waals surface area contributed by atoms with Gasteiger partial charge in [-0.05, 0) is 18.8 Å². The zero-order chi connectivity index (χ0) is 16.4. The predicted molar refractivity (Wildman–Crippen MR) is 82.3 cm³/mol. The van der Waals surface area contributed by atoms with Crippen molar-refractivity contribution in [1.82, 2.24) is 4.90 Å². The number of carbonyl (C=O) groups is 3. The van der Waals surface area contributed by atoms with Gasteiger partial charge < -0.3 is 4.90 Å². The number of carbonyl (C=O) groups excluding carboxylic acids is 3. The van der Waals surface area contributed by atoms with Crippen LogP contribution in [0.15, 0.2) is 30.3 Å². The van der Waals surface area contributed by atoms with Gasteiger partial charge in [-0.15, -0.1) is 0 Å². The lowest BCUT2D eigenvalue weighted by atomic mass is 9.87. The maximum absolute atomic E-state index is 12.6. The number of hydrogen-bond donors (Lipinski definition) is 0. The first-order valence-corrected chi connectivity index (χ1v) is 7.90. The summed E-state index contributed by atoms with van der Waals surface area (Å²) >= 11 is 0. The number of rotatable bonds is 6. The fourth-order valence-electron chi connectivity index (χ4n) is 3.01. The Morgan fingerprint density at radius 1 is 1.26 bits per heavy atom. The Balaban J connectivity index is 1.69. The third-order valence-electron chi connectivity index (χ3n) is 4.53. The molecule has 0 radical (unpaired) electrons. The van der Waals surface area contributed by atoms with Crippen molar-refractivity contribution >= 4 is 17.5 Å². The van der Waals surface area contributed by atoms with E-state index in [0.717, 1.165) is 12.8 Å². The Bertz CT molecular complexity index is 673. The number of likely N-dealkylation sites (tertiary alicyclic amines) is 1. The maximum atomic E-state index is 12.6. The fourth-order valence-corrected chi connectivity index (χ4v) is 3.01. The van der Waals surface area contributed by atoms with Crippen LogP contribution in [-0.2, 0) is 9.59 Å². The van der Waals surface area contributed by atoms with Crippen molar-refractivity contribution in [3.05, 3.63) is 35.9 Å². The molecule has 2 fully saturated rings. The highest BCUT2D eigenvalue weighted by Gasteiger charge is 2.41. The van der Waals surface area contributed by atoms with Gasteiger partial charge in [0.05, 0.1) is 6.07 Å². The third kappa shape index (κ3) is 3.31. The molecular weight excluding hydrogens is 292 g/mol. The van der Waals surface area contributed by atoms with E-state index in [4.69, 9.17) is 0 Å². The topological polar surface area (TPSA) is 78.2 Å². The lowest BCUT2D eigenvalue weighted by Crippen LogP contribution is -2.32. The lowest BCUT2D eigenvalue weighted by Gasteiger charge is -2.16. The van der Waals surface area contributed by atoms with Crippen LogP contribution in [0.1, 0.15) is 29.6 Å². The number of amides is 1. The molecule has 5 heteroatoms. The molecule has 3 rings (SSSR count). The maximum Gasteiger partial charge on any atom is 0.223 e. The van der Waals surface area contributed by atoms with Gasteiger partial charge in [0, 0.05) is 31.0 Å². The second kappa shape index (κ2) is 6.33. The lowest BCUT2D eigenvalue weighted by molar-refractivity contribution is -0.129. The van der Waals surface area contributed by atoms with Crippen LogP contribution in [-0.4, -0.2) is 35.5 Å². The van der Waals surface area contributed by atoms with Crippen molar-refractivity contribution in [2.24, 2.45) is 17.8 Å². The van der Waals surface area contributed by atoms with E-state index in [1.54, 1.807) is 35.2 Å². The van der Waals surface area contributed by atoms with Crippen molar-refractivity contribution in [2.75, 3.05) is 13.1 Å². The summed E-state index contributed by atoms with van der Waals surface area (Å²) < 4.78 is 0. The smallest absolute Gasteiger partial charge is 0.223 e. The Kier molecular flexibility index (Phi) is 4.24. The van der Waals surface area contributed by atoms with Gasteiger partial charge in [-0.3, -0.25) is 14.4 Å². The van der Waals surface area contributed by atoms with Gasteiger partial charge in [0.25, 0.3) is 0 Å². The highest BCUT2D eigenvalue weighted by Crippen LogP contribution is 2.32. The van der Waals surface area contributed by atoms with Gasteiger partial charge in [-0.25, -0.2) is 0 Å². The van der Waals surface area contributed by atoms with Crippen molar-refractivity contribution in [3.8, 4) is 6.07 Å². The van der Waals surface area contributed by atoms with Crippen LogP contribution in [0.5, 0.6) is 0 Å². The van der Waals surface area contributed by atoms with Crippen molar-refractivity contribution < 1.29 is 14.4 Å². The van der Waals surface area contributed by atoms with Crippen molar-refractivity contribution in [3.63, 3.8) is 0 Å². The largest absolute Gasteiger partial charge is 0.342 e. The molecule has 1 saturated carbocycles. The van der Waals surface area contributed by atoms with Gasteiger partial charge in [0.1, 0.15) is 0 Å². The minimum Gasteiger partial charge on any atom is -0.342 e. The molecule has 1 heterocycles. The third-order valence-corrected chi connectivity index (χ3v) is 4.53. The van der Waals surface area contributed by atoms with Crippen LogP contribution in [0.4, 0.5) is 0 Å². The molecule has 0 bridgehead atoms. The van der Waals surface area contributed by atoms with E-state index in [1.165, 1.54) is 0 Å². The molecule has 1 aliphatic heterocycles. The molecule has 1 aromatic rings. The van der Waals surface area contributed by atoms with Gasteiger partial charge in [0.2, 0.25) is 5.91 Å². The fraction of sp³-hybridized carbons (Fsp3) is 0.444. The summed E-state index contributed by atoms with van der Waals surface area (Å²) in [5.41, 5.74) is 0.353. The molecule has 5 nitrogen and oxygen atoms in total. The Hall–Kier alpha value is -2.48. The molecule has 1 aromatic carbocycles. The predicted octanol–water partition coefficient (Wildman–Crippen LogP) is 1.84. The first-order valence-electron chi connectivity index (χ1n) is 7.90. The summed E-state index contributed by atoms with van der Waals surface area (Å²) in [5.74, 6) is -2.25. The van der Waals surface area contributed by atoms with E-state index >= 15 is 0 Å². The minimum absolute atomic E-state index is 0.0425. The van der Waals surface area contributed by atoms with Crippen LogP contribution in [0.25, 0.3) is 0 Å². The number of Topliss-reactive ketones (excluding diaryl/α,β-unsaturated/α-hetero) is 2. The summed E-state index contributed by atoms with van der Waals surface area (Å²) in [4.78, 5) is 38.7. The van der Waals surface area contributed by atoms with E-state index in [2.05, 4.69) is 0 Å². The van der Waals surface area contributed by atoms with Gasteiger partial charge >= 0.3 is 0 Å². The molecule has 23 heavy (non-hydrogen) atoms. The average molecular weight is 310 g/mol. The van der Waals surface area contributed by atoms with E-state index in [9.17, 15) is 19.6 Å². The molecule has 1 amide bonds. The van der Waals surface area contributed by atoms with Crippen LogP contribution in [0.3, 0.4) is 0 Å². The van der Waals surface area contributed by atoms with Crippen molar-refractivity contribution in [2.45, 2.75) is 19.3 Å². The standard InChI is InChI=1S/C18H18N2O3/c19-9-15(17(22)13-4-2-1-3-5-13)18(23)14-8-16(21)20(11-14)10-12-6-7-12/h1-5,12,14-15H,6-8,10-11H2. The van der Waals surface area contributed by atoms with Crippen LogP contribution >= 0.6 is 0 Å². The summed E-state index contributed by atoms with van der Waals surface area (Å²) in [6, 6.07) is 10.2. The van der Waals surface area contributed by atoms with Crippen LogP contribution < -0.4 is 0 Å². The highest BCUT2D eigenvalue weighted by atomic mass is 16.2. The quantitative estimate of drug-likeness (QED) is 0.593. The molecule has 2 atom stereocenters. The van der Waals surface area contributed by atoms with Crippen LogP contribution in [0, 0.1) is 29.1 Å². The SMILES string of the molecule is N#CC(C(=O)c1ccccc1)C(=O)C1CC(=O)N(CC2CC2)C1. The van der Waals surface area contributed by atoms with E-state index in [0.29, 0.717) is 24.6 Å². The summed E-state index contributed by atoms with van der Waals surface area (Å²) in [6.07, 6.45) is 2.39. The minimum atomic E-state index is -1.32. The molecule has 2 unspecified atom stereocenters. The van der Waals surface area contributed by atoms with E-state index in [-0.39, 0.29) is 12.3 Å². The molecule has 2 aliphatic rings. The van der Waals surface area contributed by atoms with Crippen molar-refractivity contribution in [1.29, 1.82) is 5.26 Å². The number of hydrogen-bond acceptors (Lipinski definition) is 4. The average Bonchev–Trinajstić information content (AvgIpc) is 3.31. The zero-order valence-corrected chi connectivity index (χ0v) is 12.8. The van der Waals surface area contributed by atoms with E-state index in [1.807, 2.05) is 6.07 Å². The molecule has 1 aliphatic carbocycles. The van der Waals surface area contributed by atoms with Gasteiger partial charge in [0.15, 0.2) is 17.5 Å². The molecular formula is C18H18N2O3. The first kappa shape index (κ1) is 15.4. The second-order valence-corrected chi connectivity index (χ2v) is 6.34. The Morgan fingerprint density at radius 3 is 2.57 bits per heavy atom. The molecule has 118 valence electrons. The number of ketones is 2. The monoisotopic (exact) mass is 310 g/mol. The Morgan fingerprint density at radius 2 is 1.96 bits per heavy atom. The summed E-state index contributed by atoms with van der Waals surface area (Å²) in [6.45, 7) is 1.04. The van der Waals surface area contributed by atoms with Crippen LogP contribution in [0.2, 0.25) is 0 Å². The summed E-state index contributed by atoms with van der Waals surface area (Å²) in [7, 11) is 0. The van der Waals surface area contributed by atoms with E-state index < -0.39 is 23.4 Å². The second-order valence-electron chi connectivity index (χ2n) is 6.34. The number of nitrogens with zero attached hydrogens (tertiary/aromatic N) is 2. The Labute approximate surface area is 134 Å². The molecule has 0 aromatic heterocycles. The molecule has 0 N–H and O–H groups in total. The number of nitriles is 1. The molecule has 1 saturated heterocycles. The highest BCUT2D eigenvalue weighted by molar-refractivity contribution is 6.14.